The molecule has 0 saturated carbocycles. The van der Waals surface area contributed by atoms with E-state index in [4.69, 9.17) is 4.55 Å². The van der Waals surface area contributed by atoms with Gasteiger partial charge in [0.2, 0.25) is 0 Å². The first-order valence-corrected chi connectivity index (χ1v) is 10.0. The number of hydrogen-bond donors (Lipinski definition) is 2. The van der Waals surface area contributed by atoms with Gasteiger partial charge in [0, 0.05) is 0 Å². The zero-order valence-electron chi connectivity index (χ0n) is 13.6. The third-order valence-electron chi connectivity index (χ3n) is 4.01. The second-order valence-corrected chi connectivity index (χ2v) is 8.34. The maximum absolute atomic E-state index is 12.5. The molecule has 12 nitrogen and oxygen atoms in total. The van der Waals surface area contributed by atoms with E-state index in [1.165, 1.54) is 0 Å². The molecule has 2 aliphatic rings. The highest BCUT2D eigenvalue weighted by molar-refractivity contribution is 7.88. The molecule has 2 N–H and O–H groups in total. The monoisotopic (exact) mass is 462 g/mol. The van der Waals surface area contributed by atoms with E-state index in [0.29, 0.717) is 11.0 Å². The van der Waals surface area contributed by atoms with Crippen molar-refractivity contribution in [3.8, 4) is 5.75 Å². The number of hydroxylamine groups is 2. The Labute approximate surface area is 160 Å². The summed E-state index contributed by atoms with van der Waals surface area (Å²) in [5, 5.41) is 9.52. The summed E-state index contributed by atoms with van der Waals surface area (Å²) in [7, 11) is -11.3. The van der Waals surface area contributed by atoms with E-state index < -0.39 is 62.4 Å². The number of nitrogens with zero attached hydrogens (tertiary/aromatic N) is 2. The molecule has 2 heterocycles. The topological polar surface area (TPSA) is 168 Å². The van der Waals surface area contributed by atoms with E-state index in [1.807, 2.05) is 0 Å². The maximum Gasteiger partial charge on any atom is 0.534 e. The molecule has 29 heavy (non-hydrogen) atoms. The Morgan fingerprint density at radius 3 is 2.31 bits per heavy atom. The molecular weight excluding hydrogens is 453 g/mol. The van der Waals surface area contributed by atoms with Gasteiger partial charge in [-0.25, -0.2) is 9.59 Å². The Morgan fingerprint density at radius 1 is 1.17 bits per heavy atom. The number of alkyl halides is 3. The van der Waals surface area contributed by atoms with Gasteiger partial charge in [-0.1, -0.05) is 6.07 Å². The Balaban J connectivity index is 2.10. The number of carbonyl (C=O) groups excluding carboxylic acids is 1. The number of carbonyl (C=O) groups is 2. The van der Waals surface area contributed by atoms with E-state index in [2.05, 4.69) is 8.47 Å². The number of benzene rings is 1. The van der Waals surface area contributed by atoms with Gasteiger partial charge in [-0.2, -0.15) is 35.1 Å². The molecule has 0 aliphatic carbocycles. The molecule has 1 aromatic carbocycles. The third kappa shape index (κ3) is 3.68. The van der Waals surface area contributed by atoms with Crippen LogP contribution in [0.5, 0.6) is 5.75 Å². The molecule has 2 amide bonds. The lowest BCUT2D eigenvalue weighted by Gasteiger charge is -2.30. The maximum atomic E-state index is 12.5. The Morgan fingerprint density at radius 2 is 1.79 bits per heavy atom. The molecule has 0 aromatic heterocycles. The van der Waals surface area contributed by atoms with E-state index in [9.17, 15) is 44.7 Å². The van der Waals surface area contributed by atoms with Gasteiger partial charge < -0.3 is 14.2 Å². The van der Waals surface area contributed by atoms with Crippen molar-refractivity contribution in [2.45, 2.75) is 17.6 Å². The molecule has 3 rings (SSSR count). The zero-order valence-corrected chi connectivity index (χ0v) is 15.2. The van der Waals surface area contributed by atoms with Crippen LogP contribution in [0, 0.1) is 0 Å². The van der Waals surface area contributed by atoms with Gasteiger partial charge >= 0.3 is 38.0 Å². The highest BCUT2D eigenvalue weighted by Gasteiger charge is 2.53. The van der Waals surface area contributed by atoms with Gasteiger partial charge in [0.15, 0.2) is 6.04 Å². The number of rotatable bonds is 5. The Bertz CT molecular complexity index is 1100. The number of aliphatic carboxylic acids is 1. The first-order valence-electron chi connectivity index (χ1n) is 7.26. The van der Waals surface area contributed by atoms with Gasteiger partial charge in [0.05, 0.1) is 6.54 Å². The molecule has 0 radical (unpaired) electrons. The lowest BCUT2D eigenvalue weighted by molar-refractivity contribution is -0.142. The number of carboxylic acid groups (broad SMARTS) is 1. The standard InChI is InChI=1S/C12H9F3N2O10S2/c13-12(14,15)28(21,22)26-5-1-2-6-7(3-5)8-4-16(9(6)10(18)19)11(20)17(8)27-29(23,24)25/h1-3,8-9H,4H2,(H,18,19)(H,23,24,25)/t8-,9+/m0/s1. The quantitative estimate of drug-likeness (QED) is 0.358. The summed E-state index contributed by atoms with van der Waals surface area (Å²) in [6.45, 7) is -0.478. The lowest BCUT2D eigenvalue weighted by atomic mass is 9.91. The van der Waals surface area contributed by atoms with Crippen molar-refractivity contribution in [2.75, 3.05) is 6.54 Å². The minimum absolute atomic E-state index is 0.110. The van der Waals surface area contributed by atoms with Crippen molar-refractivity contribution in [3.05, 3.63) is 29.3 Å². The summed E-state index contributed by atoms with van der Waals surface area (Å²) in [5.41, 5.74) is -6.15. The number of urea groups is 1. The van der Waals surface area contributed by atoms with Crippen LogP contribution in [0.2, 0.25) is 0 Å². The average Bonchev–Trinajstić information content (AvgIpc) is 2.79. The first kappa shape index (κ1) is 21.1. The van der Waals surface area contributed by atoms with Crippen LogP contribution in [0.1, 0.15) is 23.2 Å². The summed E-state index contributed by atoms with van der Waals surface area (Å²) in [6, 6.07) is -1.98. The number of hydrogen-bond acceptors (Lipinski definition) is 8. The van der Waals surface area contributed by atoms with Crippen molar-refractivity contribution in [3.63, 3.8) is 0 Å². The van der Waals surface area contributed by atoms with Gasteiger partial charge in [-0.05, 0) is 23.3 Å². The van der Waals surface area contributed by atoms with Crippen LogP contribution in [-0.2, 0) is 29.6 Å². The van der Waals surface area contributed by atoms with Crippen LogP contribution in [0.4, 0.5) is 18.0 Å². The molecular formula is C12H9F3N2O10S2. The molecule has 1 fully saturated rings. The van der Waals surface area contributed by atoms with E-state index in [-0.39, 0.29) is 16.2 Å². The molecule has 0 unspecified atom stereocenters. The van der Waals surface area contributed by atoms with E-state index >= 15 is 0 Å². The minimum atomic E-state index is -6.05. The number of halogens is 3. The van der Waals surface area contributed by atoms with Crippen LogP contribution >= 0.6 is 0 Å². The molecule has 1 saturated heterocycles. The largest absolute Gasteiger partial charge is 0.534 e. The smallest absolute Gasteiger partial charge is 0.479 e. The minimum Gasteiger partial charge on any atom is -0.479 e. The van der Waals surface area contributed by atoms with E-state index in [0.717, 1.165) is 12.1 Å². The van der Waals surface area contributed by atoms with Crippen LogP contribution in [0.25, 0.3) is 0 Å². The predicted octanol–water partition coefficient (Wildman–Crippen LogP) is 0.567. The van der Waals surface area contributed by atoms with Crippen molar-refractivity contribution in [1.29, 1.82) is 0 Å². The second-order valence-electron chi connectivity index (χ2n) is 5.79. The molecule has 2 bridgehead atoms. The molecule has 1 aromatic rings. The first-order chi connectivity index (χ1) is 13.1. The zero-order chi connectivity index (χ0) is 21.9. The van der Waals surface area contributed by atoms with Crippen LogP contribution in [-0.4, -0.2) is 60.5 Å². The summed E-state index contributed by atoms with van der Waals surface area (Å²) >= 11 is 0. The highest BCUT2D eigenvalue weighted by Crippen LogP contribution is 2.45. The fourth-order valence-electron chi connectivity index (χ4n) is 2.97. The van der Waals surface area contributed by atoms with Crippen molar-refractivity contribution in [1.82, 2.24) is 9.96 Å². The number of fused-ring (bicyclic) bond motifs is 4. The molecule has 160 valence electrons. The lowest BCUT2D eigenvalue weighted by Crippen LogP contribution is -2.38. The van der Waals surface area contributed by atoms with Gasteiger partial charge in [0.25, 0.3) is 0 Å². The second kappa shape index (κ2) is 6.44. The summed E-state index contributed by atoms with van der Waals surface area (Å²) in [6.07, 6.45) is 0. The molecule has 2 atom stereocenters. The average molecular weight is 462 g/mol. The summed E-state index contributed by atoms with van der Waals surface area (Å²) < 4.78 is 98.8. The number of amides is 2. The predicted molar refractivity (Wildman–Crippen MR) is 81.7 cm³/mol. The van der Waals surface area contributed by atoms with Crippen molar-refractivity contribution in [2.24, 2.45) is 0 Å². The highest BCUT2D eigenvalue weighted by atomic mass is 32.3. The SMILES string of the molecule is O=C(O)[C@H]1c2ccc(OS(=O)(=O)C(F)(F)F)cc2[C@@H]2CN1C(=O)N2OS(=O)(=O)O. The number of carboxylic acids is 1. The van der Waals surface area contributed by atoms with Crippen LogP contribution < -0.4 is 4.18 Å². The molecule has 0 spiro atoms. The van der Waals surface area contributed by atoms with Crippen LogP contribution in [0.3, 0.4) is 0 Å². The van der Waals surface area contributed by atoms with Gasteiger partial charge in [-0.15, -0.1) is 4.28 Å². The van der Waals surface area contributed by atoms with Gasteiger partial charge in [-0.3, -0.25) is 4.55 Å². The van der Waals surface area contributed by atoms with Crippen LogP contribution in [0.15, 0.2) is 18.2 Å². The third-order valence-corrected chi connectivity index (χ3v) is 5.34. The normalized spacial score (nSPS) is 21.9. The molecule has 17 heteroatoms. The van der Waals surface area contributed by atoms with Crippen molar-refractivity contribution >= 4 is 32.5 Å². The Hall–Kier alpha value is -2.63. The fraction of sp³-hybridized carbons (Fsp3) is 0.333. The van der Waals surface area contributed by atoms with Crippen molar-refractivity contribution < 1.29 is 57.7 Å². The van der Waals surface area contributed by atoms with E-state index in [1.54, 1.807) is 0 Å². The Kier molecular flexibility index (Phi) is 4.68. The fourth-order valence-corrected chi connectivity index (χ4v) is 3.80. The van der Waals surface area contributed by atoms with Gasteiger partial charge in [0.1, 0.15) is 11.8 Å². The molecule has 2 aliphatic heterocycles. The summed E-state index contributed by atoms with van der Waals surface area (Å²) in [4.78, 5) is 24.6. The summed E-state index contributed by atoms with van der Waals surface area (Å²) in [5.74, 6) is -2.44.